The predicted octanol–water partition coefficient (Wildman–Crippen LogP) is 3.98. The van der Waals surface area contributed by atoms with Gasteiger partial charge in [0.2, 0.25) is 5.60 Å². The van der Waals surface area contributed by atoms with E-state index in [0.717, 1.165) is 49.2 Å². The molecule has 3 aliphatic rings. The van der Waals surface area contributed by atoms with E-state index in [9.17, 15) is 14.7 Å². The van der Waals surface area contributed by atoms with Crippen LogP contribution in [-0.2, 0) is 20.0 Å². The lowest BCUT2D eigenvalue weighted by Gasteiger charge is -2.37. The lowest BCUT2D eigenvalue weighted by molar-refractivity contribution is -0.202. The Morgan fingerprint density at radius 2 is 1.77 bits per heavy atom. The lowest BCUT2D eigenvalue weighted by atomic mass is 9.88. The van der Waals surface area contributed by atoms with Crippen LogP contribution in [-0.4, -0.2) is 45.0 Å². The molecule has 5 heterocycles. The lowest BCUT2D eigenvalue weighted by Crippen LogP contribution is -2.56. The summed E-state index contributed by atoms with van der Waals surface area (Å²) in [6.45, 7) is 1.74. The number of aromatic nitrogens is 2. The first-order valence-electron chi connectivity index (χ1n) is 11.5. The molecule has 0 radical (unpaired) electrons. The summed E-state index contributed by atoms with van der Waals surface area (Å²) >= 11 is 0. The van der Waals surface area contributed by atoms with E-state index in [-0.39, 0.29) is 12.3 Å². The fourth-order valence-electron chi connectivity index (χ4n) is 6.70. The Labute approximate surface area is 198 Å². The molecule has 5 aromatic rings. The summed E-state index contributed by atoms with van der Waals surface area (Å²) < 4.78 is 15.7. The Morgan fingerprint density at radius 1 is 1.09 bits per heavy atom. The number of amides is 1. The highest BCUT2D eigenvalue weighted by Gasteiger charge is 2.65. The molecule has 1 saturated heterocycles. The molecule has 8 rings (SSSR count). The molecule has 0 unspecified atom stereocenters. The number of para-hydroxylation sites is 2. The first-order chi connectivity index (χ1) is 16.9. The van der Waals surface area contributed by atoms with Gasteiger partial charge >= 0.3 is 5.97 Å². The van der Waals surface area contributed by atoms with Gasteiger partial charge in [0, 0.05) is 39.7 Å². The quantitative estimate of drug-likeness (QED) is 0.378. The molecule has 0 saturated carbocycles. The first kappa shape index (κ1) is 19.3. The van der Waals surface area contributed by atoms with E-state index >= 15 is 0 Å². The molecule has 3 aliphatic heterocycles. The van der Waals surface area contributed by atoms with Gasteiger partial charge in [-0.15, -0.1) is 0 Å². The Kier molecular flexibility index (Phi) is 3.19. The van der Waals surface area contributed by atoms with Crippen molar-refractivity contribution in [3.8, 4) is 0 Å². The topological polar surface area (TPSA) is 95.0 Å². The molecule has 0 spiro atoms. The summed E-state index contributed by atoms with van der Waals surface area (Å²) in [5.74, 6) is -1.02. The van der Waals surface area contributed by atoms with Gasteiger partial charge in [-0.1, -0.05) is 36.4 Å². The number of esters is 1. The molecule has 1 amide bonds. The summed E-state index contributed by atoms with van der Waals surface area (Å²) in [7, 11) is 1.27. The van der Waals surface area contributed by atoms with Crippen molar-refractivity contribution in [3.63, 3.8) is 0 Å². The Balaban J connectivity index is 1.74. The number of fused-ring (bicyclic) bond motifs is 13. The maximum Gasteiger partial charge on any atom is 0.343 e. The van der Waals surface area contributed by atoms with Gasteiger partial charge in [0.15, 0.2) is 5.72 Å². The number of carbonyl (C=O) groups excluding carboxylic acids is 2. The average Bonchev–Trinajstić information content (AvgIpc) is 3.55. The van der Waals surface area contributed by atoms with Crippen LogP contribution < -0.4 is 0 Å². The highest BCUT2D eigenvalue weighted by atomic mass is 16.6. The molecule has 2 bridgehead atoms. The van der Waals surface area contributed by atoms with Crippen LogP contribution in [0.5, 0.6) is 0 Å². The van der Waals surface area contributed by atoms with Gasteiger partial charge in [-0.3, -0.25) is 4.79 Å². The molecule has 0 aliphatic carbocycles. The number of aliphatic imine (C=N–C) groups is 1. The number of hydrogen-bond donors (Lipinski definition) is 1. The largest absolute Gasteiger partial charge is 0.467 e. The highest BCUT2D eigenvalue weighted by molar-refractivity contribution is 6.36. The summed E-state index contributed by atoms with van der Waals surface area (Å²) in [5, 5.41) is 15.4. The second-order valence-corrected chi connectivity index (χ2v) is 9.65. The minimum absolute atomic E-state index is 0.00107. The predicted molar refractivity (Wildman–Crippen MR) is 130 cm³/mol. The molecule has 3 atom stereocenters. The second kappa shape index (κ2) is 5.79. The normalized spacial score (nSPS) is 26.5. The number of methoxy groups -OCH3 is 1. The number of hydrogen-bond acceptors (Lipinski definition) is 5. The van der Waals surface area contributed by atoms with Crippen LogP contribution in [0.15, 0.2) is 53.5 Å². The molecule has 8 heteroatoms. The highest BCUT2D eigenvalue weighted by Crippen LogP contribution is 2.57. The van der Waals surface area contributed by atoms with Crippen molar-refractivity contribution in [2.24, 2.45) is 4.99 Å². The van der Waals surface area contributed by atoms with Crippen molar-refractivity contribution in [3.05, 3.63) is 59.7 Å². The Bertz CT molecular complexity index is 1880. The minimum Gasteiger partial charge on any atom is -0.467 e. The van der Waals surface area contributed by atoms with Crippen LogP contribution in [0.2, 0.25) is 0 Å². The number of ether oxygens (including phenoxy) is 2. The van der Waals surface area contributed by atoms with Crippen LogP contribution in [0.25, 0.3) is 43.6 Å². The first-order valence-corrected chi connectivity index (χ1v) is 11.5. The van der Waals surface area contributed by atoms with Gasteiger partial charge in [0.1, 0.15) is 6.23 Å². The Hall–Kier alpha value is -4.01. The van der Waals surface area contributed by atoms with Crippen molar-refractivity contribution in [1.29, 1.82) is 0 Å². The second-order valence-electron chi connectivity index (χ2n) is 9.65. The van der Waals surface area contributed by atoms with Crippen LogP contribution in [0.3, 0.4) is 0 Å². The van der Waals surface area contributed by atoms with Crippen LogP contribution >= 0.6 is 0 Å². The monoisotopic (exact) mass is 465 g/mol. The van der Waals surface area contributed by atoms with Gasteiger partial charge in [0.05, 0.1) is 34.7 Å². The number of carbonyl (C=O) groups is 2. The summed E-state index contributed by atoms with van der Waals surface area (Å²) in [6, 6.07) is 15.6. The maximum atomic E-state index is 13.1. The van der Waals surface area contributed by atoms with E-state index in [2.05, 4.69) is 4.99 Å². The SMILES string of the molecule is COC(=O)[C@@]1(O)C[C@@H]2O[C@@]1(C)n1c3ccccc3c3c4c(c5c6ccccc6n2c5c31)C(=O)N=C4. The number of aliphatic hydroxyl groups is 1. The zero-order chi connectivity index (χ0) is 23.9. The van der Waals surface area contributed by atoms with Crippen molar-refractivity contribution in [1.82, 2.24) is 9.13 Å². The van der Waals surface area contributed by atoms with Crippen molar-refractivity contribution >= 4 is 61.7 Å². The molecular weight excluding hydrogens is 446 g/mol. The fraction of sp³-hybridized carbons (Fsp3) is 0.222. The third-order valence-electron chi connectivity index (χ3n) is 8.16. The standard InChI is InChI=1S/C27H19N3O5/c1-26-27(33,25(32)34-2)11-18(35-26)29-16-9-5-3-7-13(16)20-21-15(12-28-24(21)31)19-14-8-4-6-10-17(14)30(26)23(19)22(20)29/h3-10,12,18,33H,11H2,1-2H3/t18-,26+,27-/m0/s1. The van der Waals surface area contributed by atoms with E-state index in [4.69, 9.17) is 9.47 Å². The molecular formula is C27H19N3O5. The van der Waals surface area contributed by atoms with Crippen molar-refractivity contribution in [2.45, 2.75) is 30.9 Å². The zero-order valence-electron chi connectivity index (χ0n) is 18.9. The van der Waals surface area contributed by atoms with E-state index in [1.807, 2.05) is 57.7 Å². The third-order valence-corrected chi connectivity index (χ3v) is 8.16. The van der Waals surface area contributed by atoms with Crippen LogP contribution in [0, 0.1) is 0 Å². The molecule has 35 heavy (non-hydrogen) atoms. The smallest absolute Gasteiger partial charge is 0.343 e. The van der Waals surface area contributed by atoms with E-state index < -0.39 is 23.5 Å². The zero-order valence-corrected chi connectivity index (χ0v) is 18.9. The molecule has 172 valence electrons. The summed E-state index contributed by atoms with van der Waals surface area (Å²) in [6.07, 6.45) is 0.969. The van der Waals surface area contributed by atoms with Gasteiger partial charge < -0.3 is 23.7 Å². The maximum absolute atomic E-state index is 13.1. The van der Waals surface area contributed by atoms with E-state index in [1.165, 1.54) is 7.11 Å². The molecule has 3 aromatic carbocycles. The molecule has 2 aromatic heterocycles. The number of rotatable bonds is 1. The summed E-state index contributed by atoms with van der Waals surface area (Å²) in [5.41, 5.74) is 1.20. The van der Waals surface area contributed by atoms with Crippen molar-refractivity contribution < 1.29 is 24.2 Å². The van der Waals surface area contributed by atoms with Gasteiger partial charge in [-0.2, -0.15) is 0 Å². The summed E-state index contributed by atoms with van der Waals surface area (Å²) in [4.78, 5) is 30.4. The molecule has 1 fully saturated rings. The average molecular weight is 465 g/mol. The van der Waals surface area contributed by atoms with Crippen molar-refractivity contribution in [2.75, 3.05) is 7.11 Å². The fourth-order valence-corrected chi connectivity index (χ4v) is 6.70. The molecule has 8 nitrogen and oxygen atoms in total. The van der Waals surface area contributed by atoms with E-state index in [0.29, 0.717) is 5.56 Å². The third kappa shape index (κ3) is 1.87. The van der Waals surface area contributed by atoms with Crippen LogP contribution in [0.1, 0.15) is 35.5 Å². The number of benzene rings is 3. The minimum atomic E-state index is -1.94. The number of nitrogens with zero attached hydrogens (tertiary/aromatic N) is 3. The molecule has 1 N–H and O–H groups in total. The van der Waals surface area contributed by atoms with E-state index in [1.54, 1.807) is 13.1 Å². The van der Waals surface area contributed by atoms with Gasteiger partial charge in [-0.05, 0) is 19.1 Å². The van der Waals surface area contributed by atoms with Crippen LogP contribution in [0.4, 0.5) is 0 Å². The Morgan fingerprint density at radius 3 is 2.51 bits per heavy atom. The van der Waals surface area contributed by atoms with Gasteiger partial charge in [-0.25, -0.2) is 9.79 Å². The van der Waals surface area contributed by atoms with Gasteiger partial charge in [0.25, 0.3) is 5.91 Å².